The van der Waals surface area contributed by atoms with E-state index in [1.54, 1.807) is 7.11 Å². The van der Waals surface area contributed by atoms with Crippen LogP contribution in [0.4, 0.5) is 0 Å². The van der Waals surface area contributed by atoms with E-state index in [9.17, 15) is 0 Å². The van der Waals surface area contributed by atoms with E-state index < -0.39 is 0 Å². The smallest absolute Gasteiger partial charge is 0.135 e. The van der Waals surface area contributed by atoms with Crippen LogP contribution in [0, 0.1) is 23.7 Å². The van der Waals surface area contributed by atoms with Gasteiger partial charge < -0.3 is 4.74 Å². The van der Waals surface area contributed by atoms with Gasteiger partial charge in [0.15, 0.2) is 0 Å². The molecule has 3 aromatic carbocycles. The van der Waals surface area contributed by atoms with Gasteiger partial charge in [-0.3, -0.25) is 0 Å². The summed E-state index contributed by atoms with van der Waals surface area (Å²) in [5, 5.41) is 0. The Hall–Kier alpha value is -3.42. The number of benzene rings is 3. The monoisotopic (exact) mass is 434 g/mol. The van der Waals surface area contributed by atoms with E-state index in [1.165, 1.54) is 36.8 Å². The molecule has 0 saturated carbocycles. The van der Waals surface area contributed by atoms with Crippen molar-refractivity contribution in [2.45, 2.75) is 58.8 Å². The molecule has 0 atom stereocenters. The predicted octanol–water partition coefficient (Wildman–Crippen LogP) is 7.57. The molecule has 0 fully saturated rings. The van der Waals surface area contributed by atoms with Crippen molar-refractivity contribution in [3.8, 4) is 29.4 Å². The van der Waals surface area contributed by atoms with E-state index in [-0.39, 0.29) is 0 Å². The minimum absolute atomic E-state index is 0.749. The summed E-state index contributed by atoms with van der Waals surface area (Å²) in [7, 11) is 1.68. The van der Waals surface area contributed by atoms with Gasteiger partial charge >= 0.3 is 0 Å². The highest BCUT2D eigenvalue weighted by molar-refractivity contribution is 5.54. The zero-order valence-electron chi connectivity index (χ0n) is 20.2. The summed E-state index contributed by atoms with van der Waals surface area (Å²) in [6.45, 7) is 4.44. The molecule has 0 spiro atoms. The van der Waals surface area contributed by atoms with E-state index in [2.05, 4.69) is 86.1 Å². The maximum absolute atomic E-state index is 5.58. The fourth-order valence-corrected chi connectivity index (χ4v) is 3.71. The molecule has 0 radical (unpaired) electrons. The molecular weight excluding hydrogens is 400 g/mol. The molecule has 0 aliphatic rings. The number of hydrogen-bond donors (Lipinski definition) is 0. The Morgan fingerprint density at radius 3 is 1.76 bits per heavy atom. The van der Waals surface area contributed by atoms with Gasteiger partial charge in [0, 0.05) is 16.7 Å². The van der Waals surface area contributed by atoms with Crippen LogP contribution in [0.2, 0.25) is 0 Å². The molecule has 0 bridgehead atoms. The van der Waals surface area contributed by atoms with Gasteiger partial charge in [0.2, 0.25) is 0 Å². The molecule has 0 aromatic heterocycles. The summed E-state index contributed by atoms with van der Waals surface area (Å²) in [6, 6.07) is 23.1. The second-order valence-corrected chi connectivity index (χ2v) is 8.37. The maximum Gasteiger partial charge on any atom is 0.135 e. The van der Waals surface area contributed by atoms with Crippen molar-refractivity contribution < 1.29 is 4.74 Å². The lowest BCUT2D eigenvalue weighted by atomic mass is 10.0. The normalized spacial score (nSPS) is 10.0. The highest BCUT2D eigenvalue weighted by Crippen LogP contribution is 2.19. The quantitative estimate of drug-likeness (QED) is 0.262. The zero-order chi connectivity index (χ0) is 23.3. The lowest BCUT2D eigenvalue weighted by Gasteiger charge is -2.04. The van der Waals surface area contributed by atoms with E-state index >= 15 is 0 Å². The Kier molecular flexibility index (Phi) is 9.69. The van der Waals surface area contributed by atoms with Crippen LogP contribution in [0.1, 0.15) is 79.3 Å². The summed E-state index contributed by atoms with van der Waals surface area (Å²) in [5.74, 6) is 13.8. The van der Waals surface area contributed by atoms with Crippen LogP contribution in [-0.4, -0.2) is 7.11 Å². The summed E-state index contributed by atoms with van der Waals surface area (Å²) in [4.78, 5) is 0. The SMILES string of the molecule is CCCCCCc1ccc(C#Cc2ccc(C#Cc3ccc(CCC)cc3)c(OC)c2)cc1. The highest BCUT2D eigenvalue weighted by atomic mass is 16.5. The van der Waals surface area contributed by atoms with Crippen LogP contribution < -0.4 is 4.74 Å². The van der Waals surface area contributed by atoms with Crippen LogP contribution in [0.15, 0.2) is 66.7 Å². The largest absolute Gasteiger partial charge is 0.495 e. The molecule has 0 unspecified atom stereocenters. The van der Waals surface area contributed by atoms with Crippen molar-refractivity contribution in [2.75, 3.05) is 7.11 Å². The van der Waals surface area contributed by atoms with Crippen molar-refractivity contribution in [3.63, 3.8) is 0 Å². The molecule has 0 aliphatic heterocycles. The molecule has 168 valence electrons. The minimum atomic E-state index is 0.749. The number of hydrogen-bond acceptors (Lipinski definition) is 1. The molecule has 0 amide bonds. The van der Waals surface area contributed by atoms with Crippen LogP contribution in [0.25, 0.3) is 0 Å². The molecular formula is C32H34O. The maximum atomic E-state index is 5.58. The third-order valence-corrected chi connectivity index (χ3v) is 5.66. The molecule has 1 nitrogen and oxygen atoms in total. The molecule has 3 rings (SSSR count). The number of rotatable bonds is 8. The van der Waals surface area contributed by atoms with E-state index in [1.807, 2.05) is 18.2 Å². The summed E-state index contributed by atoms with van der Waals surface area (Å²) in [5.41, 5.74) is 6.57. The standard InChI is InChI=1S/C32H34O/c1-4-6-7-8-10-27-13-17-28(18-14-27)19-20-30-22-24-31(32(25-30)33-3)23-21-29-15-11-26(9-5-2)12-16-29/h11-18,22,24-25H,4-10H2,1-3H3. The second kappa shape index (κ2) is 13.2. The summed E-state index contributed by atoms with van der Waals surface area (Å²) < 4.78 is 5.58. The van der Waals surface area contributed by atoms with Gasteiger partial charge in [-0.1, -0.05) is 87.5 Å². The fourth-order valence-electron chi connectivity index (χ4n) is 3.71. The molecule has 0 N–H and O–H groups in total. The van der Waals surface area contributed by atoms with Crippen LogP contribution >= 0.6 is 0 Å². The van der Waals surface area contributed by atoms with Crippen molar-refractivity contribution in [2.24, 2.45) is 0 Å². The molecule has 0 saturated heterocycles. The molecule has 3 aromatic rings. The molecule has 33 heavy (non-hydrogen) atoms. The Labute approximate surface area is 200 Å². The number of ether oxygens (including phenoxy) is 1. The lowest BCUT2D eigenvalue weighted by Crippen LogP contribution is -1.89. The van der Waals surface area contributed by atoms with Gasteiger partial charge in [-0.25, -0.2) is 0 Å². The van der Waals surface area contributed by atoms with Crippen molar-refractivity contribution in [3.05, 3.63) is 100 Å². The zero-order valence-corrected chi connectivity index (χ0v) is 20.2. The predicted molar refractivity (Wildman–Crippen MR) is 140 cm³/mol. The summed E-state index contributed by atoms with van der Waals surface area (Å²) in [6.07, 6.45) is 8.58. The van der Waals surface area contributed by atoms with Gasteiger partial charge in [-0.15, -0.1) is 0 Å². The van der Waals surface area contributed by atoms with E-state index in [0.717, 1.165) is 47.3 Å². The van der Waals surface area contributed by atoms with Crippen molar-refractivity contribution in [1.29, 1.82) is 0 Å². The average molecular weight is 435 g/mol. The molecule has 1 heteroatoms. The van der Waals surface area contributed by atoms with Gasteiger partial charge in [0.1, 0.15) is 5.75 Å². The highest BCUT2D eigenvalue weighted by Gasteiger charge is 2.01. The first-order valence-electron chi connectivity index (χ1n) is 12.1. The van der Waals surface area contributed by atoms with Gasteiger partial charge in [0.05, 0.1) is 12.7 Å². The Balaban J connectivity index is 1.66. The first kappa shape index (κ1) is 24.2. The summed E-state index contributed by atoms with van der Waals surface area (Å²) >= 11 is 0. The van der Waals surface area contributed by atoms with Gasteiger partial charge in [0.25, 0.3) is 0 Å². The first-order valence-corrected chi connectivity index (χ1v) is 12.1. The van der Waals surface area contributed by atoms with Crippen LogP contribution in [0.3, 0.4) is 0 Å². The third kappa shape index (κ3) is 7.89. The van der Waals surface area contributed by atoms with Crippen LogP contribution in [-0.2, 0) is 12.8 Å². The number of methoxy groups -OCH3 is 1. The Morgan fingerprint density at radius 2 is 1.15 bits per heavy atom. The van der Waals surface area contributed by atoms with Crippen LogP contribution in [0.5, 0.6) is 5.75 Å². The molecule has 0 heterocycles. The first-order chi connectivity index (χ1) is 16.2. The second-order valence-electron chi connectivity index (χ2n) is 8.37. The fraction of sp³-hybridized carbons (Fsp3) is 0.312. The van der Waals surface area contributed by atoms with Crippen molar-refractivity contribution >= 4 is 0 Å². The van der Waals surface area contributed by atoms with Gasteiger partial charge in [-0.2, -0.15) is 0 Å². The molecule has 0 aliphatic carbocycles. The van der Waals surface area contributed by atoms with E-state index in [4.69, 9.17) is 4.74 Å². The van der Waals surface area contributed by atoms with Gasteiger partial charge in [-0.05, 0) is 72.9 Å². The van der Waals surface area contributed by atoms with E-state index in [0.29, 0.717) is 0 Å². The topological polar surface area (TPSA) is 9.23 Å². The third-order valence-electron chi connectivity index (χ3n) is 5.66. The van der Waals surface area contributed by atoms with Crippen molar-refractivity contribution in [1.82, 2.24) is 0 Å². The average Bonchev–Trinajstić information content (AvgIpc) is 2.86. The number of unbranched alkanes of at least 4 members (excludes halogenated alkanes) is 3. The number of aryl methyl sites for hydroxylation is 2. The Morgan fingerprint density at radius 1 is 0.576 bits per heavy atom. The Bertz CT molecular complexity index is 1130. The lowest BCUT2D eigenvalue weighted by molar-refractivity contribution is 0.413. The minimum Gasteiger partial charge on any atom is -0.495 e.